The zero-order valence-electron chi connectivity index (χ0n) is 1.59. The standard InChI is InChI=1S/Al.Er.Mo.Ni.Y.3H. The van der Waals surface area contributed by atoms with Gasteiger partial charge in [-0.15, -0.1) is 0 Å². The molecule has 0 bridgehead atoms. The van der Waals surface area contributed by atoms with Crippen LogP contribution in [-0.2, 0) is 70.3 Å². The van der Waals surface area contributed by atoms with Crippen LogP contribution in [0.15, 0.2) is 0 Å². The van der Waals surface area contributed by atoms with E-state index in [1.165, 1.54) is 0 Å². The van der Waals surface area contributed by atoms with Crippen LogP contribution in [0, 0.1) is 37.3 Å². The summed E-state index contributed by atoms with van der Waals surface area (Å²) in [5, 5.41) is 0. The normalized spacial score (nSPS) is 0. The monoisotopic (exact) mass is 441 g/mol. The number of rotatable bonds is 0. The molecule has 0 unspecified atom stereocenters. The number of hydrogen-bond donors (Lipinski definition) is 0. The Bertz CT molecular complexity index is 11.6. The van der Waals surface area contributed by atoms with Gasteiger partial charge in [-0.3, -0.25) is 0 Å². The molecular formula is H3AlErMoNiY. The van der Waals surface area contributed by atoms with Gasteiger partial charge < -0.3 is 0 Å². The van der Waals surface area contributed by atoms with Crippen LogP contribution in [0.3, 0.4) is 0 Å². The molecule has 0 spiro atoms. The van der Waals surface area contributed by atoms with E-state index in [-0.39, 0.29) is 125 Å². The Balaban J connectivity index is 0. The summed E-state index contributed by atoms with van der Waals surface area (Å²) in [5.74, 6) is 0. The molecule has 0 fully saturated rings. The van der Waals surface area contributed by atoms with E-state index in [0.29, 0.717) is 0 Å². The first kappa shape index (κ1) is 35.7. The van der Waals surface area contributed by atoms with Gasteiger partial charge in [-0.25, -0.2) is 0 Å². The van der Waals surface area contributed by atoms with Gasteiger partial charge >= 0.3 is 0 Å². The van der Waals surface area contributed by atoms with Crippen molar-refractivity contribution in [3.63, 3.8) is 0 Å². The number of hydrogen-bond acceptors (Lipinski definition) is 0. The van der Waals surface area contributed by atoms with Crippen LogP contribution in [0.2, 0.25) is 0 Å². The van der Waals surface area contributed by atoms with E-state index in [4.69, 9.17) is 0 Å². The maximum atomic E-state index is 0. The quantitative estimate of drug-likeness (QED) is 0.416. The molecular weight excluding hydrogens is 438 g/mol. The van der Waals surface area contributed by atoms with Crippen LogP contribution in [0.25, 0.3) is 0 Å². The van der Waals surface area contributed by atoms with E-state index >= 15 is 0 Å². The maximum Gasteiger partial charge on any atom is 0.187 e. The second-order valence-electron chi connectivity index (χ2n) is 0. The Hall–Kier alpha value is 4.06. The summed E-state index contributed by atoms with van der Waals surface area (Å²) in [6, 6.07) is 0. The van der Waals surface area contributed by atoms with Crippen LogP contribution in [0.1, 0.15) is 0 Å². The Morgan fingerprint density at radius 2 is 1.00 bits per heavy atom. The van der Waals surface area contributed by atoms with Gasteiger partial charge in [0.2, 0.25) is 0 Å². The van der Waals surface area contributed by atoms with Crippen molar-refractivity contribution < 1.29 is 108 Å². The molecule has 0 saturated carbocycles. The molecule has 0 N–H and O–H groups in total. The molecule has 0 amide bonds. The molecule has 5 heteroatoms. The van der Waals surface area contributed by atoms with E-state index in [9.17, 15) is 0 Å². The van der Waals surface area contributed by atoms with Crippen LogP contribution in [0.4, 0.5) is 0 Å². The summed E-state index contributed by atoms with van der Waals surface area (Å²) < 4.78 is 0. The van der Waals surface area contributed by atoms with Crippen LogP contribution in [0.5, 0.6) is 0 Å². The van der Waals surface area contributed by atoms with Crippen molar-refractivity contribution in [3.05, 3.63) is 0 Å². The fraction of sp³-hybridized carbons (Fsp3) is 0. The fourth-order valence-electron chi connectivity index (χ4n) is 0. The van der Waals surface area contributed by atoms with Crippen molar-refractivity contribution in [1.29, 1.82) is 0 Å². The first-order chi connectivity index (χ1) is 0. The smallest absolute Gasteiger partial charge is 0 e. The van der Waals surface area contributed by atoms with E-state index < -0.39 is 0 Å². The topological polar surface area (TPSA) is 0 Å². The van der Waals surface area contributed by atoms with E-state index in [2.05, 4.69) is 0 Å². The molecule has 0 rings (SSSR count). The Morgan fingerprint density at radius 3 is 1.00 bits per heavy atom. The molecule has 0 aromatic rings. The van der Waals surface area contributed by atoms with Crippen LogP contribution >= 0.6 is 0 Å². The van der Waals surface area contributed by atoms with E-state index in [1.807, 2.05) is 0 Å². The van der Waals surface area contributed by atoms with Gasteiger partial charge in [-0.05, 0) is 0 Å². The zero-order chi connectivity index (χ0) is 0. The second-order valence-corrected chi connectivity index (χ2v) is 0. The first-order valence-electron chi connectivity index (χ1n) is 0. The molecule has 37 valence electrons. The first-order valence-corrected chi connectivity index (χ1v) is 0. The fourth-order valence-corrected chi connectivity index (χ4v) is 0. The molecule has 0 aliphatic rings. The summed E-state index contributed by atoms with van der Waals surface area (Å²) in [4.78, 5) is 0. The molecule has 0 saturated heterocycles. The molecule has 0 aromatic carbocycles. The summed E-state index contributed by atoms with van der Waals surface area (Å²) in [5.41, 5.74) is 0. The minimum absolute atomic E-state index is 0. The maximum absolute atomic E-state index is 0. The molecule has 0 aromatic heterocycles. The molecule has 0 aliphatic heterocycles. The van der Waals surface area contributed by atoms with E-state index in [1.54, 1.807) is 0 Å². The summed E-state index contributed by atoms with van der Waals surface area (Å²) in [7, 11) is 0. The summed E-state index contributed by atoms with van der Waals surface area (Å²) >= 11 is 0. The third-order valence-electron chi connectivity index (χ3n) is 0. The third-order valence-corrected chi connectivity index (χ3v) is 0. The van der Waals surface area contributed by atoms with Gasteiger partial charge in [-0.2, -0.15) is 0 Å². The SMILES string of the molecule is [AlH3].[Er].[Mo].[Ni].[Y]. The van der Waals surface area contributed by atoms with Gasteiger partial charge in [0.05, 0.1) is 0 Å². The van der Waals surface area contributed by atoms with Gasteiger partial charge in [0, 0.05) is 108 Å². The van der Waals surface area contributed by atoms with Crippen LogP contribution in [-0.4, -0.2) is 17.4 Å². The van der Waals surface area contributed by atoms with Crippen molar-refractivity contribution >= 4 is 17.4 Å². The van der Waals surface area contributed by atoms with Crippen molar-refractivity contribution in [2.45, 2.75) is 0 Å². The predicted octanol–water partition coefficient (Wildman–Crippen LogP) is -1.19. The largest absolute Gasteiger partial charge is 0.187 e. The Morgan fingerprint density at radius 1 is 1.00 bits per heavy atom. The second kappa shape index (κ2) is 24.4. The summed E-state index contributed by atoms with van der Waals surface area (Å²) in [6.07, 6.45) is 0. The van der Waals surface area contributed by atoms with Gasteiger partial charge in [0.25, 0.3) is 0 Å². The minimum atomic E-state index is 0. The zero-order valence-corrected chi connectivity index (χ0v) is 9.28. The summed E-state index contributed by atoms with van der Waals surface area (Å²) in [6.45, 7) is 0. The average molecular weight is 441 g/mol. The molecule has 0 nitrogen and oxygen atoms in total. The molecule has 0 atom stereocenters. The third kappa shape index (κ3) is 18.0. The Labute approximate surface area is 122 Å². The van der Waals surface area contributed by atoms with Crippen LogP contribution < -0.4 is 0 Å². The minimum Gasteiger partial charge on any atom is 0 e. The van der Waals surface area contributed by atoms with Crippen molar-refractivity contribution in [1.82, 2.24) is 0 Å². The van der Waals surface area contributed by atoms with Gasteiger partial charge in [0.15, 0.2) is 17.4 Å². The average Bonchev–Trinajstić information content (AvgIpc) is 0. The van der Waals surface area contributed by atoms with Gasteiger partial charge in [0.1, 0.15) is 0 Å². The van der Waals surface area contributed by atoms with Gasteiger partial charge in [-0.1, -0.05) is 0 Å². The molecule has 0 heterocycles. The molecule has 1 radical (unpaired) electrons. The van der Waals surface area contributed by atoms with Crippen molar-refractivity contribution in [3.8, 4) is 0 Å². The van der Waals surface area contributed by atoms with E-state index in [0.717, 1.165) is 0 Å². The van der Waals surface area contributed by atoms with Crippen molar-refractivity contribution in [2.75, 3.05) is 0 Å². The Kier molecular flexibility index (Phi) is 174. The predicted molar refractivity (Wildman–Crippen MR) is 9.94 cm³/mol. The molecule has 5 heavy (non-hydrogen) atoms. The molecule has 0 aliphatic carbocycles. The van der Waals surface area contributed by atoms with Crippen molar-refractivity contribution in [2.24, 2.45) is 0 Å².